The molecule has 0 aliphatic carbocycles. The van der Waals surface area contributed by atoms with E-state index in [2.05, 4.69) is 15.3 Å². The maximum Gasteiger partial charge on any atom is 0.435 e. The third-order valence-electron chi connectivity index (χ3n) is 3.51. The third-order valence-corrected chi connectivity index (χ3v) is 3.51. The molecule has 0 radical (unpaired) electrons. The van der Waals surface area contributed by atoms with E-state index in [-0.39, 0.29) is 23.8 Å². The summed E-state index contributed by atoms with van der Waals surface area (Å²) < 4.78 is 81.8. The number of ether oxygens (including phenoxy) is 1. The molecule has 2 aromatic heterocycles. The van der Waals surface area contributed by atoms with E-state index in [0.717, 1.165) is 33.9 Å². The molecule has 3 rings (SSSR count). The Balaban J connectivity index is 1.86. The number of halogens is 6. The van der Waals surface area contributed by atoms with E-state index < -0.39 is 23.6 Å². The van der Waals surface area contributed by atoms with E-state index in [4.69, 9.17) is 4.74 Å². The van der Waals surface area contributed by atoms with Crippen molar-refractivity contribution in [2.75, 3.05) is 7.11 Å². The average molecular weight is 391 g/mol. The first-order valence-corrected chi connectivity index (χ1v) is 7.36. The Labute approximate surface area is 148 Å². The van der Waals surface area contributed by atoms with E-state index in [1.54, 1.807) is 0 Å². The fraction of sp³-hybridized carbons (Fsp3) is 0.267. The van der Waals surface area contributed by atoms with Crippen LogP contribution < -0.4 is 4.74 Å². The van der Waals surface area contributed by atoms with E-state index in [1.165, 1.54) is 19.2 Å². The lowest BCUT2D eigenvalue weighted by atomic mass is 10.2. The molecule has 0 atom stereocenters. The van der Waals surface area contributed by atoms with Crippen LogP contribution in [0.3, 0.4) is 0 Å². The number of aromatic nitrogens is 5. The largest absolute Gasteiger partial charge is 0.479 e. The molecule has 0 N–H and O–H groups in total. The van der Waals surface area contributed by atoms with Gasteiger partial charge < -0.3 is 4.74 Å². The number of methoxy groups -OCH3 is 1. The molecule has 6 nitrogen and oxygen atoms in total. The van der Waals surface area contributed by atoms with Crippen molar-refractivity contribution >= 4 is 0 Å². The summed E-state index contributed by atoms with van der Waals surface area (Å²) in [5.41, 5.74) is -1.50. The molecule has 0 bridgehead atoms. The molecule has 144 valence electrons. The molecular weight excluding hydrogens is 380 g/mol. The topological polar surface area (TPSA) is 57.8 Å². The molecule has 0 unspecified atom stereocenters. The predicted molar refractivity (Wildman–Crippen MR) is 79.2 cm³/mol. The van der Waals surface area contributed by atoms with Gasteiger partial charge in [0, 0.05) is 6.20 Å². The van der Waals surface area contributed by atoms with Crippen molar-refractivity contribution < 1.29 is 31.1 Å². The number of hydrogen-bond acceptors (Lipinski definition) is 4. The quantitative estimate of drug-likeness (QED) is 0.639. The number of rotatable bonds is 4. The summed E-state index contributed by atoms with van der Waals surface area (Å²) in [5.74, 6) is 0.0129. The molecule has 12 heteroatoms. The minimum absolute atomic E-state index is 0.0129. The summed E-state index contributed by atoms with van der Waals surface area (Å²) in [4.78, 5) is 1.03. The van der Waals surface area contributed by atoms with Gasteiger partial charge in [-0.2, -0.15) is 31.4 Å². The van der Waals surface area contributed by atoms with Crippen LogP contribution in [-0.4, -0.2) is 31.9 Å². The van der Waals surface area contributed by atoms with Crippen LogP contribution in [0.5, 0.6) is 5.88 Å². The zero-order chi connectivity index (χ0) is 19.8. The maximum atomic E-state index is 12.6. The number of benzene rings is 1. The highest BCUT2D eigenvalue weighted by molar-refractivity contribution is 5.35. The van der Waals surface area contributed by atoms with Crippen LogP contribution in [-0.2, 0) is 18.9 Å². The normalized spacial score (nSPS) is 12.4. The highest BCUT2D eigenvalue weighted by Gasteiger charge is 2.33. The fourth-order valence-electron chi connectivity index (χ4n) is 2.23. The standard InChI is InChI=1S/C15H11F6N5O/c1-27-13-11(8-25-7-6-12(23-25)15(19,20)21)22-26(24-13)10-4-2-9(3-5-10)14(16,17)18/h2-7H,8H2,1H3. The molecular formula is C15H11F6N5O. The first-order valence-electron chi connectivity index (χ1n) is 7.36. The van der Waals surface area contributed by atoms with Crippen molar-refractivity contribution in [2.24, 2.45) is 0 Å². The lowest BCUT2D eigenvalue weighted by Crippen LogP contribution is -2.09. The van der Waals surface area contributed by atoms with Crippen molar-refractivity contribution in [2.45, 2.75) is 18.9 Å². The zero-order valence-electron chi connectivity index (χ0n) is 13.6. The van der Waals surface area contributed by atoms with E-state index in [0.29, 0.717) is 0 Å². The van der Waals surface area contributed by atoms with Crippen molar-refractivity contribution in [1.82, 2.24) is 24.8 Å². The second-order valence-corrected chi connectivity index (χ2v) is 5.39. The highest BCUT2D eigenvalue weighted by Crippen LogP contribution is 2.30. The minimum atomic E-state index is -4.58. The van der Waals surface area contributed by atoms with Crippen LogP contribution in [0.25, 0.3) is 5.69 Å². The smallest absolute Gasteiger partial charge is 0.435 e. The molecule has 0 aliphatic rings. The Hall–Kier alpha value is -3.05. The van der Waals surface area contributed by atoms with Gasteiger partial charge in [0.25, 0.3) is 5.88 Å². The van der Waals surface area contributed by atoms with Gasteiger partial charge in [-0.15, -0.1) is 15.0 Å². The van der Waals surface area contributed by atoms with Crippen LogP contribution in [0.4, 0.5) is 26.3 Å². The summed E-state index contributed by atoms with van der Waals surface area (Å²) in [5, 5.41) is 11.5. The van der Waals surface area contributed by atoms with E-state index in [1.807, 2.05) is 0 Å². The van der Waals surface area contributed by atoms with Crippen molar-refractivity contribution in [3.63, 3.8) is 0 Å². The Morgan fingerprint density at radius 2 is 1.56 bits per heavy atom. The second-order valence-electron chi connectivity index (χ2n) is 5.39. The van der Waals surface area contributed by atoms with Gasteiger partial charge in [0.15, 0.2) is 5.69 Å². The Morgan fingerprint density at radius 1 is 0.889 bits per heavy atom. The zero-order valence-corrected chi connectivity index (χ0v) is 13.6. The maximum absolute atomic E-state index is 12.6. The predicted octanol–water partition coefficient (Wildman–Crippen LogP) is 3.56. The van der Waals surface area contributed by atoms with Crippen molar-refractivity contribution in [1.29, 1.82) is 0 Å². The second kappa shape index (κ2) is 6.59. The van der Waals surface area contributed by atoms with Crippen molar-refractivity contribution in [3.05, 3.63) is 53.5 Å². The molecule has 0 saturated heterocycles. The van der Waals surface area contributed by atoms with Gasteiger partial charge in [0.05, 0.1) is 24.9 Å². The van der Waals surface area contributed by atoms with Gasteiger partial charge in [-0.05, 0) is 30.3 Å². The fourth-order valence-corrected chi connectivity index (χ4v) is 2.23. The molecule has 0 spiro atoms. The molecule has 0 amide bonds. The van der Waals surface area contributed by atoms with Gasteiger partial charge >= 0.3 is 12.4 Å². The average Bonchev–Trinajstić information content (AvgIpc) is 3.21. The van der Waals surface area contributed by atoms with Gasteiger partial charge in [-0.1, -0.05) is 0 Å². The Kier molecular flexibility index (Phi) is 4.57. The monoisotopic (exact) mass is 391 g/mol. The lowest BCUT2D eigenvalue weighted by Gasteiger charge is -2.06. The van der Waals surface area contributed by atoms with E-state index >= 15 is 0 Å². The number of hydrogen-bond donors (Lipinski definition) is 0. The first-order chi connectivity index (χ1) is 12.6. The molecule has 0 saturated carbocycles. The van der Waals surface area contributed by atoms with Crippen molar-refractivity contribution in [3.8, 4) is 11.6 Å². The van der Waals surface area contributed by atoms with Gasteiger partial charge in [0.2, 0.25) is 0 Å². The third kappa shape index (κ3) is 4.04. The van der Waals surface area contributed by atoms with Crippen LogP contribution in [0.15, 0.2) is 36.5 Å². The van der Waals surface area contributed by atoms with Gasteiger partial charge in [-0.3, -0.25) is 4.68 Å². The molecule has 27 heavy (non-hydrogen) atoms. The number of nitrogens with zero attached hydrogens (tertiary/aromatic N) is 5. The molecule has 2 heterocycles. The summed E-state index contributed by atoms with van der Waals surface area (Å²) in [6.07, 6.45) is -7.93. The SMILES string of the molecule is COc1nn(-c2ccc(C(F)(F)F)cc2)nc1Cn1ccc(C(F)(F)F)n1. The van der Waals surface area contributed by atoms with Crippen LogP contribution in [0, 0.1) is 0 Å². The molecule has 0 fully saturated rings. The minimum Gasteiger partial charge on any atom is -0.479 e. The Morgan fingerprint density at radius 3 is 2.07 bits per heavy atom. The van der Waals surface area contributed by atoms with Crippen LogP contribution in [0.2, 0.25) is 0 Å². The van der Waals surface area contributed by atoms with E-state index in [9.17, 15) is 26.3 Å². The summed E-state index contributed by atoms with van der Waals surface area (Å²) >= 11 is 0. The Bertz CT molecular complexity index is 926. The van der Waals surface area contributed by atoms with Gasteiger partial charge in [0.1, 0.15) is 5.69 Å². The van der Waals surface area contributed by atoms with Crippen LogP contribution >= 0.6 is 0 Å². The molecule has 3 aromatic rings. The molecule has 1 aromatic carbocycles. The summed E-state index contributed by atoms with van der Waals surface area (Å²) in [6.45, 7) is -0.167. The van der Waals surface area contributed by atoms with Crippen LogP contribution in [0.1, 0.15) is 17.0 Å². The number of alkyl halides is 6. The first kappa shape index (κ1) is 18.7. The highest BCUT2D eigenvalue weighted by atomic mass is 19.4. The molecule has 0 aliphatic heterocycles. The summed E-state index contributed by atoms with van der Waals surface area (Å²) in [6, 6.07) is 4.89. The lowest BCUT2D eigenvalue weighted by molar-refractivity contribution is -0.141. The summed E-state index contributed by atoms with van der Waals surface area (Å²) in [7, 11) is 1.29. The van der Waals surface area contributed by atoms with Gasteiger partial charge in [-0.25, -0.2) is 0 Å².